The molecule has 6 nitrogen and oxygen atoms in total. The van der Waals surface area contributed by atoms with Gasteiger partial charge in [0.1, 0.15) is 10.7 Å². The van der Waals surface area contributed by atoms with Gasteiger partial charge in [0.15, 0.2) is 0 Å². The number of anilines is 1. The summed E-state index contributed by atoms with van der Waals surface area (Å²) in [7, 11) is 0. The second-order valence-electron chi connectivity index (χ2n) is 7.77. The molecule has 0 saturated heterocycles. The first-order chi connectivity index (χ1) is 12.6. The molecule has 1 atom stereocenters. The molecule has 2 heterocycles. The molecule has 27 heavy (non-hydrogen) atoms. The highest BCUT2D eigenvalue weighted by Gasteiger charge is 2.33. The Bertz CT molecular complexity index is 883. The zero-order chi connectivity index (χ0) is 19.9. The van der Waals surface area contributed by atoms with Crippen LogP contribution in [0.15, 0.2) is 12.3 Å². The predicted molar refractivity (Wildman–Crippen MR) is 99.2 cm³/mol. The molecule has 3 N–H and O–H groups in total. The molecule has 2 aromatic rings. The van der Waals surface area contributed by atoms with E-state index < -0.39 is 18.4 Å². The zero-order valence-electron chi connectivity index (χ0n) is 15.4. The number of carbonyl (C=O) groups is 2. The molecule has 146 valence electrons. The molecule has 2 amide bonds. The monoisotopic (exact) mass is 396 g/mol. The maximum atomic E-state index is 13.0. The fourth-order valence-electron chi connectivity index (χ4n) is 3.49. The van der Waals surface area contributed by atoms with Crippen LogP contribution in [0.3, 0.4) is 0 Å². The number of amides is 2. The van der Waals surface area contributed by atoms with E-state index in [0.717, 1.165) is 29.5 Å². The minimum Gasteiger partial charge on any atom is -0.365 e. The molecule has 0 unspecified atom stereocenters. The smallest absolute Gasteiger partial charge is 0.333 e. The Labute approximate surface area is 159 Å². The van der Waals surface area contributed by atoms with Crippen LogP contribution in [-0.2, 0) is 12.8 Å². The fraction of sp³-hybridized carbons (Fsp3) is 0.500. The number of nitrogens with two attached hydrogens (primary N) is 1. The number of fused-ring (bicyclic) bond motifs is 1. The number of rotatable bonds is 4. The van der Waals surface area contributed by atoms with Crippen LogP contribution >= 0.6 is 11.3 Å². The van der Waals surface area contributed by atoms with E-state index in [-0.39, 0.29) is 11.1 Å². The van der Waals surface area contributed by atoms with Crippen molar-refractivity contribution in [1.82, 2.24) is 9.78 Å². The largest absolute Gasteiger partial charge is 0.365 e. The fourth-order valence-corrected chi connectivity index (χ4v) is 4.82. The lowest BCUT2D eigenvalue weighted by atomic mass is 9.72. The Morgan fingerprint density at radius 1 is 1.41 bits per heavy atom. The van der Waals surface area contributed by atoms with Crippen LogP contribution in [0.4, 0.5) is 13.8 Å². The van der Waals surface area contributed by atoms with Crippen molar-refractivity contribution < 1.29 is 18.4 Å². The molecule has 2 aromatic heterocycles. The average Bonchev–Trinajstić information content (AvgIpc) is 3.17. The van der Waals surface area contributed by atoms with E-state index in [2.05, 4.69) is 31.2 Å². The first-order valence-electron chi connectivity index (χ1n) is 8.67. The minimum atomic E-state index is -2.93. The SMILES string of the molecule is CC(C)(C)[C@H]1CCc2c(sc(NC(=O)c3ccnn3C(F)F)c2C(N)=O)C1. The van der Waals surface area contributed by atoms with E-state index in [9.17, 15) is 18.4 Å². The van der Waals surface area contributed by atoms with Crippen LogP contribution in [0.1, 0.15) is 65.0 Å². The summed E-state index contributed by atoms with van der Waals surface area (Å²) in [6.07, 6.45) is 3.56. The first-order valence-corrected chi connectivity index (χ1v) is 9.48. The number of aromatic nitrogens is 2. The van der Waals surface area contributed by atoms with Gasteiger partial charge in [0, 0.05) is 11.1 Å². The second-order valence-corrected chi connectivity index (χ2v) is 8.88. The van der Waals surface area contributed by atoms with Crippen molar-refractivity contribution in [3.63, 3.8) is 0 Å². The topological polar surface area (TPSA) is 90.0 Å². The molecular weight excluding hydrogens is 374 g/mol. The van der Waals surface area contributed by atoms with Crippen LogP contribution in [0.5, 0.6) is 0 Å². The molecule has 0 saturated carbocycles. The third-order valence-electron chi connectivity index (χ3n) is 5.05. The van der Waals surface area contributed by atoms with Gasteiger partial charge in [-0.1, -0.05) is 20.8 Å². The first kappa shape index (κ1) is 19.5. The molecule has 1 aliphatic carbocycles. The number of carbonyl (C=O) groups excluding carboxylic acids is 2. The van der Waals surface area contributed by atoms with E-state index in [1.54, 1.807) is 0 Å². The third kappa shape index (κ3) is 3.73. The number of halogens is 2. The van der Waals surface area contributed by atoms with Crippen molar-refractivity contribution in [2.75, 3.05) is 5.32 Å². The maximum Gasteiger partial charge on any atom is 0.333 e. The standard InChI is InChI=1S/C18H22F2N4O2S/c1-18(2,3)9-4-5-10-12(8-9)27-16(13(10)14(21)25)23-15(26)11-6-7-22-24(11)17(19)20/h6-7,9,17H,4-5,8H2,1-3H3,(H2,21,25)(H,23,26)/t9-/m0/s1. The van der Waals surface area contributed by atoms with E-state index in [0.29, 0.717) is 27.6 Å². The number of alkyl halides is 2. The molecular formula is C18H22F2N4O2S. The molecule has 0 bridgehead atoms. The Morgan fingerprint density at radius 2 is 2.11 bits per heavy atom. The Hall–Kier alpha value is -2.29. The maximum absolute atomic E-state index is 13.0. The van der Waals surface area contributed by atoms with Crippen LogP contribution in [-0.4, -0.2) is 21.6 Å². The van der Waals surface area contributed by atoms with Gasteiger partial charge in [-0.3, -0.25) is 9.59 Å². The summed E-state index contributed by atoms with van der Waals surface area (Å²) < 4.78 is 26.2. The molecule has 0 radical (unpaired) electrons. The van der Waals surface area contributed by atoms with Crippen molar-refractivity contribution in [3.8, 4) is 0 Å². The van der Waals surface area contributed by atoms with Crippen LogP contribution in [0, 0.1) is 11.3 Å². The number of hydrogen-bond acceptors (Lipinski definition) is 4. The predicted octanol–water partition coefficient (Wildman–Crippen LogP) is 3.84. The summed E-state index contributed by atoms with van der Waals surface area (Å²) in [5.74, 6) is -0.922. The minimum absolute atomic E-state index is 0.127. The van der Waals surface area contributed by atoms with Crippen molar-refractivity contribution in [3.05, 3.63) is 34.0 Å². The number of nitrogens with zero attached hydrogens (tertiary/aromatic N) is 2. The molecule has 3 rings (SSSR count). The molecule has 9 heteroatoms. The van der Waals surface area contributed by atoms with E-state index in [1.165, 1.54) is 17.4 Å². The van der Waals surface area contributed by atoms with Gasteiger partial charge in [-0.25, -0.2) is 0 Å². The van der Waals surface area contributed by atoms with Crippen molar-refractivity contribution in [1.29, 1.82) is 0 Å². The lowest BCUT2D eigenvalue weighted by Crippen LogP contribution is -2.27. The quantitative estimate of drug-likeness (QED) is 0.823. The van der Waals surface area contributed by atoms with Crippen molar-refractivity contribution >= 4 is 28.2 Å². The number of thiophene rings is 1. The summed E-state index contributed by atoms with van der Waals surface area (Å²) in [6, 6.07) is 1.20. The zero-order valence-corrected chi connectivity index (χ0v) is 16.2. The molecule has 1 aliphatic rings. The summed E-state index contributed by atoms with van der Waals surface area (Å²) in [5, 5.41) is 6.35. The Balaban J connectivity index is 1.92. The van der Waals surface area contributed by atoms with Gasteiger partial charge in [-0.15, -0.1) is 11.3 Å². The van der Waals surface area contributed by atoms with Gasteiger partial charge >= 0.3 is 6.55 Å². The summed E-state index contributed by atoms with van der Waals surface area (Å²) in [4.78, 5) is 25.5. The summed E-state index contributed by atoms with van der Waals surface area (Å²) >= 11 is 1.30. The van der Waals surface area contributed by atoms with E-state index in [4.69, 9.17) is 5.73 Å². The Morgan fingerprint density at radius 3 is 2.70 bits per heavy atom. The van der Waals surface area contributed by atoms with Crippen LogP contribution < -0.4 is 11.1 Å². The van der Waals surface area contributed by atoms with Gasteiger partial charge in [0.25, 0.3) is 11.8 Å². The van der Waals surface area contributed by atoms with Gasteiger partial charge < -0.3 is 11.1 Å². The van der Waals surface area contributed by atoms with Crippen LogP contribution in [0.25, 0.3) is 0 Å². The summed E-state index contributed by atoms with van der Waals surface area (Å²) in [5.41, 5.74) is 6.56. The molecule has 0 aliphatic heterocycles. The second kappa shape index (κ2) is 7.03. The van der Waals surface area contributed by atoms with Crippen molar-refractivity contribution in [2.45, 2.75) is 46.6 Å². The van der Waals surface area contributed by atoms with Gasteiger partial charge in [0.05, 0.1) is 5.56 Å². The Kier molecular flexibility index (Phi) is 5.07. The molecule has 0 fully saturated rings. The lowest BCUT2D eigenvalue weighted by molar-refractivity contribution is 0.0520. The summed E-state index contributed by atoms with van der Waals surface area (Å²) in [6.45, 7) is 3.61. The van der Waals surface area contributed by atoms with Gasteiger partial charge in [-0.05, 0) is 42.2 Å². The number of hydrogen-bond donors (Lipinski definition) is 2. The molecule has 0 aromatic carbocycles. The number of primary amides is 1. The highest BCUT2D eigenvalue weighted by Crippen LogP contribution is 2.44. The number of nitrogens with one attached hydrogen (secondary N) is 1. The third-order valence-corrected chi connectivity index (χ3v) is 6.22. The van der Waals surface area contributed by atoms with Crippen LogP contribution in [0.2, 0.25) is 0 Å². The van der Waals surface area contributed by atoms with Gasteiger partial charge in [0.2, 0.25) is 0 Å². The van der Waals surface area contributed by atoms with E-state index >= 15 is 0 Å². The average molecular weight is 396 g/mol. The van der Waals surface area contributed by atoms with Gasteiger partial charge in [-0.2, -0.15) is 18.6 Å². The van der Waals surface area contributed by atoms with Crippen molar-refractivity contribution in [2.24, 2.45) is 17.1 Å². The lowest BCUT2D eigenvalue weighted by Gasteiger charge is -2.33. The normalized spacial score (nSPS) is 17.0. The highest BCUT2D eigenvalue weighted by atomic mass is 32.1. The molecule has 0 spiro atoms. The highest BCUT2D eigenvalue weighted by molar-refractivity contribution is 7.17. The van der Waals surface area contributed by atoms with E-state index in [1.807, 2.05) is 0 Å².